The minimum atomic E-state index is 0.775. The van der Waals surface area contributed by atoms with Crippen LogP contribution in [0.15, 0.2) is 65.8 Å². The van der Waals surface area contributed by atoms with Gasteiger partial charge in [-0.1, -0.05) is 30.3 Å². The molecule has 88 valence electrons. The highest BCUT2D eigenvalue weighted by Crippen LogP contribution is 2.19. The van der Waals surface area contributed by atoms with Crippen LogP contribution in [0.5, 0.6) is 0 Å². The van der Waals surface area contributed by atoms with E-state index < -0.39 is 0 Å². The highest BCUT2D eigenvalue weighted by atomic mass is 79.9. The smallest absolute Gasteiger partial charge is 0.181 e. The number of imidazole rings is 1. The average Bonchev–Trinajstić information content (AvgIpc) is 2.86. The fourth-order valence-electron chi connectivity index (χ4n) is 1.79. The van der Waals surface area contributed by atoms with E-state index in [2.05, 4.69) is 38.0 Å². The fourth-order valence-corrected chi connectivity index (χ4v) is 2.23. The van der Waals surface area contributed by atoms with Gasteiger partial charge in [-0.05, 0) is 28.1 Å². The molecule has 3 nitrogen and oxygen atoms in total. The quantitative estimate of drug-likeness (QED) is 0.722. The number of benzene rings is 1. The largest absolute Gasteiger partial charge is 0.293 e. The summed E-state index contributed by atoms with van der Waals surface area (Å²) in [5, 5.41) is 0. The Labute approximate surface area is 113 Å². The van der Waals surface area contributed by atoms with Gasteiger partial charge in [-0.3, -0.25) is 9.55 Å². The summed E-state index contributed by atoms with van der Waals surface area (Å²) in [7, 11) is 0. The third-order valence-electron chi connectivity index (χ3n) is 2.69. The molecule has 3 rings (SSSR count). The third-order valence-corrected chi connectivity index (χ3v) is 3.28. The summed E-state index contributed by atoms with van der Waals surface area (Å²) in [5.41, 5.74) is 3.07. The second-order valence-corrected chi connectivity index (χ2v) is 4.54. The number of pyridine rings is 1. The van der Waals surface area contributed by atoms with Gasteiger partial charge >= 0.3 is 0 Å². The molecular weight excluding hydrogens is 290 g/mol. The summed E-state index contributed by atoms with van der Waals surface area (Å²) in [6.07, 6.45) is 5.48. The maximum Gasteiger partial charge on any atom is 0.181 e. The normalized spacial score (nSPS) is 10.5. The zero-order valence-corrected chi connectivity index (χ0v) is 11.1. The summed E-state index contributed by atoms with van der Waals surface area (Å²) in [5.74, 6) is 0. The Morgan fingerprint density at radius 3 is 2.39 bits per heavy atom. The van der Waals surface area contributed by atoms with E-state index in [0.717, 1.165) is 21.7 Å². The van der Waals surface area contributed by atoms with Crippen molar-refractivity contribution in [2.45, 2.75) is 0 Å². The molecule has 0 aliphatic carbocycles. The SMILES string of the molecule is Brc1nccn1-c1ccc(-c2ccccc2)nc1. The van der Waals surface area contributed by atoms with Crippen molar-refractivity contribution in [3.63, 3.8) is 0 Å². The number of hydrogen-bond acceptors (Lipinski definition) is 2. The molecule has 1 aromatic carbocycles. The van der Waals surface area contributed by atoms with Crippen molar-refractivity contribution in [1.29, 1.82) is 0 Å². The van der Waals surface area contributed by atoms with Gasteiger partial charge in [-0.15, -0.1) is 0 Å². The standard InChI is InChI=1S/C14H10BrN3/c15-14-16-8-9-18(14)12-6-7-13(17-10-12)11-4-2-1-3-5-11/h1-10H. The molecule has 4 heteroatoms. The maximum absolute atomic E-state index is 4.48. The van der Waals surface area contributed by atoms with Crippen molar-refractivity contribution >= 4 is 15.9 Å². The summed E-state index contributed by atoms with van der Waals surface area (Å²) in [6, 6.07) is 14.2. The summed E-state index contributed by atoms with van der Waals surface area (Å²) < 4.78 is 2.71. The Balaban J connectivity index is 1.97. The first-order chi connectivity index (χ1) is 8.84. The van der Waals surface area contributed by atoms with Crippen molar-refractivity contribution in [3.8, 4) is 16.9 Å². The van der Waals surface area contributed by atoms with Gasteiger partial charge in [0.15, 0.2) is 4.73 Å². The molecule has 0 saturated heterocycles. The lowest BCUT2D eigenvalue weighted by molar-refractivity contribution is 1.00. The molecule has 0 N–H and O–H groups in total. The van der Waals surface area contributed by atoms with Crippen molar-refractivity contribution in [2.24, 2.45) is 0 Å². The molecule has 0 aliphatic heterocycles. The molecule has 0 radical (unpaired) electrons. The molecule has 18 heavy (non-hydrogen) atoms. The Bertz CT molecular complexity index is 644. The minimum Gasteiger partial charge on any atom is -0.293 e. The highest BCUT2D eigenvalue weighted by Gasteiger charge is 2.03. The van der Waals surface area contributed by atoms with Gasteiger partial charge in [-0.2, -0.15) is 0 Å². The summed E-state index contributed by atoms with van der Waals surface area (Å²) in [6.45, 7) is 0. The van der Waals surface area contributed by atoms with E-state index in [1.807, 2.05) is 47.3 Å². The van der Waals surface area contributed by atoms with Crippen molar-refractivity contribution < 1.29 is 0 Å². The van der Waals surface area contributed by atoms with Crippen molar-refractivity contribution in [1.82, 2.24) is 14.5 Å². The summed E-state index contributed by atoms with van der Waals surface area (Å²) in [4.78, 5) is 8.60. The molecule has 0 atom stereocenters. The van der Waals surface area contributed by atoms with Gasteiger partial charge in [0, 0.05) is 18.0 Å². The van der Waals surface area contributed by atoms with E-state index in [0.29, 0.717) is 0 Å². The second-order valence-electron chi connectivity index (χ2n) is 3.83. The number of hydrogen-bond donors (Lipinski definition) is 0. The number of rotatable bonds is 2. The van der Waals surface area contributed by atoms with E-state index in [-0.39, 0.29) is 0 Å². The Kier molecular flexibility index (Phi) is 2.94. The zero-order valence-electron chi connectivity index (χ0n) is 9.49. The first-order valence-corrected chi connectivity index (χ1v) is 6.34. The molecule has 3 aromatic rings. The van der Waals surface area contributed by atoms with Gasteiger partial charge in [0.1, 0.15) is 0 Å². The molecule has 0 fully saturated rings. The monoisotopic (exact) mass is 299 g/mol. The van der Waals surface area contributed by atoms with Gasteiger partial charge < -0.3 is 0 Å². The number of halogens is 1. The molecule has 0 spiro atoms. The highest BCUT2D eigenvalue weighted by molar-refractivity contribution is 9.10. The first kappa shape index (κ1) is 11.2. The zero-order chi connectivity index (χ0) is 12.4. The maximum atomic E-state index is 4.48. The Hall–Kier alpha value is -1.94. The van der Waals surface area contributed by atoms with E-state index >= 15 is 0 Å². The molecule has 0 aliphatic rings. The predicted molar refractivity (Wildman–Crippen MR) is 74.5 cm³/mol. The van der Waals surface area contributed by atoms with Crippen molar-refractivity contribution in [2.75, 3.05) is 0 Å². The first-order valence-electron chi connectivity index (χ1n) is 5.55. The molecule has 2 aromatic heterocycles. The van der Waals surface area contributed by atoms with E-state index in [4.69, 9.17) is 0 Å². The fraction of sp³-hybridized carbons (Fsp3) is 0. The Morgan fingerprint density at radius 2 is 1.78 bits per heavy atom. The van der Waals surface area contributed by atoms with Crippen LogP contribution in [0.2, 0.25) is 0 Å². The van der Waals surface area contributed by atoms with E-state index in [1.165, 1.54) is 0 Å². The van der Waals surface area contributed by atoms with Gasteiger partial charge in [0.2, 0.25) is 0 Å². The van der Waals surface area contributed by atoms with Crippen LogP contribution in [0.25, 0.3) is 16.9 Å². The van der Waals surface area contributed by atoms with Crippen molar-refractivity contribution in [3.05, 3.63) is 65.8 Å². The van der Waals surface area contributed by atoms with Crippen LogP contribution >= 0.6 is 15.9 Å². The van der Waals surface area contributed by atoms with E-state index in [1.54, 1.807) is 6.20 Å². The van der Waals surface area contributed by atoms with Crippen LogP contribution in [-0.2, 0) is 0 Å². The Morgan fingerprint density at radius 1 is 0.944 bits per heavy atom. The van der Waals surface area contributed by atoms with Gasteiger partial charge in [0.25, 0.3) is 0 Å². The number of nitrogens with zero attached hydrogens (tertiary/aromatic N) is 3. The van der Waals surface area contributed by atoms with Crippen LogP contribution in [0, 0.1) is 0 Å². The second kappa shape index (κ2) is 4.74. The third kappa shape index (κ3) is 2.07. The summed E-state index contributed by atoms with van der Waals surface area (Å²) >= 11 is 3.39. The molecule has 2 heterocycles. The number of aromatic nitrogens is 3. The van der Waals surface area contributed by atoms with Crippen LogP contribution in [0.3, 0.4) is 0 Å². The predicted octanol–water partition coefficient (Wildman–Crippen LogP) is 3.70. The van der Waals surface area contributed by atoms with Crippen LogP contribution < -0.4 is 0 Å². The van der Waals surface area contributed by atoms with Gasteiger partial charge in [-0.25, -0.2) is 4.98 Å². The lowest BCUT2D eigenvalue weighted by atomic mass is 10.1. The molecular formula is C14H10BrN3. The van der Waals surface area contributed by atoms with Crippen LogP contribution in [0.1, 0.15) is 0 Å². The molecule has 0 bridgehead atoms. The van der Waals surface area contributed by atoms with Gasteiger partial charge in [0.05, 0.1) is 17.6 Å². The van der Waals surface area contributed by atoms with E-state index in [9.17, 15) is 0 Å². The van der Waals surface area contributed by atoms with Crippen LogP contribution in [0.4, 0.5) is 0 Å². The molecule has 0 amide bonds. The minimum absolute atomic E-state index is 0.775. The topological polar surface area (TPSA) is 30.7 Å². The molecule has 0 unspecified atom stereocenters. The lowest BCUT2D eigenvalue weighted by Crippen LogP contribution is -1.94. The van der Waals surface area contributed by atoms with Crippen LogP contribution in [-0.4, -0.2) is 14.5 Å². The average molecular weight is 300 g/mol. The molecule has 0 saturated carbocycles. The lowest BCUT2D eigenvalue weighted by Gasteiger charge is -2.05.